The van der Waals surface area contributed by atoms with E-state index < -0.39 is 0 Å². The van der Waals surface area contributed by atoms with Crippen LogP contribution in [0.25, 0.3) is 0 Å². The van der Waals surface area contributed by atoms with Gasteiger partial charge in [0.15, 0.2) is 5.96 Å². The monoisotopic (exact) mass is 304 g/mol. The number of nitrogens with zero attached hydrogens (tertiary/aromatic N) is 1. The van der Waals surface area contributed by atoms with E-state index in [0.29, 0.717) is 25.2 Å². The van der Waals surface area contributed by atoms with E-state index in [2.05, 4.69) is 27.5 Å². The zero-order chi connectivity index (χ0) is 16.2. The molecular formula is C16H24N4O2. The van der Waals surface area contributed by atoms with Crippen LogP contribution in [0.2, 0.25) is 0 Å². The Kier molecular flexibility index (Phi) is 8.18. The van der Waals surface area contributed by atoms with Crippen molar-refractivity contribution < 1.29 is 9.90 Å². The molecule has 0 unspecified atom stereocenters. The lowest BCUT2D eigenvalue weighted by atomic mass is 10.2. The van der Waals surface area contributed by atoms with Gasteiger partial charge in [-0.3, -0.25) is 9.79 Å². The van der Waals surface area contributed by atoms with Gasteiger partial charge in [-0.1, -0.05) is 12.1 Å². The van der Waals surface area contributed by atoms with Crippen molar-refractivity contribution in [1.29, 1.82) is 0 Å². The van der Waals surface area contributed by atoms with Crippen molar-refractivity contribution >= 4 is 11.9 Å². The number of hydrogen-bond donors (Lipinski definition) is 4. The summed E-state index contributed by atoms with van der Waals surface area (Å²) in [6.07, 6.45) is 2.50. The molecule has 6 nitrogen and oxygen atoms in total. The first-order valence-corrected chi connectivity index (χ1v) is 7.37. The van der Waals surface area contributed by atoms with E-state index in [4.69, 9.17) is 0 Å². The van der Waals surface area contributed by atoms with Gasteiger partial charge in [-0.2, -0.15) is 0 Å². The minimum Gasteiger partial charge on any atom is -0.508 e. The Labute approximate surface area is 131 Å². The summed E-state index contributed by atoms with van der Waals surface area (Å²) in [5.41, 5.74) is 0.449. The van der Waals surface area contributed by atoms with Gasteiger partial charge >= 0.3 is 0 Å². The number of rotatable bonds is 8. The highest BCUT2D eigenvalue weighted by Gasteiger charge is 2.04. The molecule has 120 valence electrons. The van der Waals surface area contributed by atoms with Gasteiger partial charge in [-0.05, 0) is 31.5 Å². The topological polar surface area (TPSA) is 85.8 Å². The largest absolute Gasteiger partial charge is 0.508 e. The zero-order valence-electron chi connectivity index (χ0n) is 12.9. The van der Waals surface area contributed by atoms with E-state index in [1.165, 1.54) is 12.1 Å². The van der Waals surface area contributed by atoms with E-state index in [9.17, 15) is 9.90 Å². The SMILES string of the molecule is C=CCNC(=NCCCNC(=O)c1cccc(O)c1)NCC. The molecule has 1 aromatic carbocycles. The standard InChI is InChI=1S/C16H24N4O2/c1-3-9-19-16(17-4-2)20-11-6-10-18-15(22)13-7-5-8-14(21)12-13/h3,5,7-8,12,21H,1,4,6,9-11H2,2H3,(H,18,22)(H2,17,19,20). The van der Waals surface area contributed by atoms with Crippen LogP contribution in [0.3, 0.4) is 0 Å². The van der Waals surface area contributed by atoms with Gasteiger partial charge in [0, 0.05) is 31.7 Å². The maximum Gasteiger partial charge on any atom is 0.251 e. The minimum atomic E-state index is -0.198. The molecule has 0 radical (unpaired) electrons. The Morgan fingerprint density at radius 2 is 2.18 bits per heavy atom. The summed E-state index contributed by atoms with van der Waals surface area (Å²) >= 11 is 0. The molecule has 0 atom stereocenters. The van der Waals surface area contributed by atoms with Crippen molar-refractivity contribution in [2.75, 3.05) is 26.2 Å². The highest BCUT2D eigenvalue weighted by molar-refractivity contribution is 5.94. The Bertz CT molecular complexity index is 515. The van der Waals surface area contributed by atoms with Crippen molar-refractivity contribution in [1.82, 2.24) is 16.0 Å². The second-order valence-electron chi connectivity index (χ2n) is 4.59. The number of nitrogens with one attached hydrogen (secondary N) is 3. The Balaban J connectivity index is 2.31. The summed E-state index contributed by atoms with van der Waals surface area (Å²) in [4.78, 5) is 16.2. The van der Waals surface area contributed by atoms with Gasteiger partial charge in [0.25, 0.3) is 5.91 Å². The Hall–Kier alpha value is -2.50. The molecule has 22 heavy (non-hydrogen) atoms. The lowest BCUT2D eigenvalue weighted by Gasteiger charge is -2.09. The first kappa shape index (κ1) is 17.6. The average molecular weight is 304 g/mol. The fraction of sp³-hybridized carbons (Fsp3) is 0.375. The summed E-state index contributed by atoms with van der Waals surface area (Å²) in [7, 11) is 0. The Morgan fingerprint density at radius 1 is 1.36 bits per heavy atom. The third-order valence-electron chi connectivity index (χ3n) is 2.76. The molecule has 0 aliphatic carbocycles. The molecule has 0 saturated heterocycles. The number of aliphatic imine (C=N–C) groups is 1. The third-order valence-corrected chi connectivity index (χ3v) is 2.76. The number of phenols is 1. The number of aromatic hydroxyl groups is 1. The molecule has 0 bridgehead atoms. The second kappa shape index (κ2) is 10.3. The predicted molar refractivity (Wildman–Crippen MR) is 89.2 cm³/mol. The summed E-state index contributed by atoms with van der Waals surface area (Å²) < 4.78 is 0. The van der Waals surface area contributed by atoms with Crippen molar-refractivity contribution in [3.63, 3.8) is 0 Å². The van der Waals surface area contributed by atoms with Crippen LogP contribution in [0.5, 0.6) is 5.75 Å². The van der Waals surface area contributed by atoms with Crippen LogP contribution in [0.1, 0.15) is 23.7 Å². The maximum atomic E-state index is 11.8. The van der Waals surface area contributed by atoms with Gasteiger partial charge in [0.1, 0.15) is 5.75 Å². The number of benzene rings is 1. The molecule has 1 rings (SSSR count). The lowest BCUT2D eigenvalue weighted by Crippen LogP contribution is -2.37. The van der Waals surface area contributed by atoms with E-state index in [-0.39, 0.29) is 11.7 Å². The van der Waals surface area contributed by atoms with Gasteiger partial charge < -0.3 is 21.1 Å². The fourth-order valence-electron chi connectivity index (χ4n) is 1.73. The normalized spacial score (nSPS) is 10.9. The Morgan fingerprint density at radius 3 is 2.86 bits per heavy atom. The summed E-state index contributed by atoms with van der Waals surface area (Å²) in [6, 6.07) is 6.28. The molecule has 0 fully saturated rings. The second-order valence-corrected chi connectivity index (χ2v) is 4.59. The van der Waals surface area contributed by atoms with Gasteiger partial charge in [0.05, 0.1) is 0 Å². The van der Waals surface area contributed by atoms with Crippen LogP contribution < -0.4 is 16.0 Å². The fourth-order valence-corrected chi connectivity index (χ4v) is 1.73. The minimum absolute atomic E-state index is 0.0841. The third kappa shape index (κ3) is 6.78. The van der Waals surface area contributed by atoms with Gasteiger partial charge in [-0.15, -0.1) is 6.58 Å². The quantitative estimate of drug-likeness (QED) is 0.252. The van der Waals surface area contributed by atoms with Crippen molar-refractivity contribution in [2.24, 2.45) is 4.99 Å². The number of hydrogen-bond acceptors (Lipinski definition) is 3. The number of carbonyl (C=O) groups excluding carboxylic acids is 1. The number of guanidine groups is 1. The molecular weight excluding hydrogens is 280 g/mol. The van der Waals surface area contributed by atoms with Crippen LogP contribution in [0, 0.1) is 0 Å². The first-order chi connectivity index (χ1) is 10.7. The van der Waals surface area contributed by atoms with E-state index in [1.54, 1.807) is 18.2 Å². The van der Waals surface area contributed by atoms with Gasteiger partial charge in [0.2, 0.25) is 0 Å². The highest BCUT2D eigenvalue weighted by atomic mass is 16.3. The maximum absolute atomic E-state index is 11.8. The van der Waals surface area contributed by atoms with Crippen LogP contribution in [-0.4, -0.2) is 43.2 Å². The molecule has 0 aliphatic heterocycles. The van der Waals surface area contributed by atoms with Crippen LogP contribution in [0.15, 0.2) is 41.9 Å². The summed E-state index contributed by atoms with van der Waals surface area (Å²) in [6.45, 7) is 8.22. The van der Waals surface area contributed by atoms with Crippen molar-refractivity contribution in [3.05, 3.63) is 42.5 Å². The van der Waals surface area contributed by atoms with E-state index >= 15 is 0 Å². The van der Waals surface area contributed by atoms with Crippen molar-refractivity contribution in [3.8, 4) is 5.75 Å². The number of carbonyl (C=O) groups is 1. The van der Waals surface area contributed by atoms with E-state index in [1.807, 2.05) is 6.92 Å². The summed E-state index contributed by atoms with van der Waals surface area (Å²) in [5, 5.41) is 18.4. The summed E-state index contributed by atoms with van der Waals surface area (Å²) in [5.74, 6) is 0.624. The molecule has 0 saturated carbocycles. The van der Waals surface area contributed by atoms with Crippen molar-refractivity contribution in [2.45, 2.75) is 13.3 Å². The van der Waals surface area contributed by atoms with Crippen LogP contribution in [0.4, 0.5) is 0 Å². The molecule has 1 aromatic rings. The zero-order valence-corrected chi connectivity index (χ0v) is 12.9. The molecule has 0 spiro atoms. The molecule has 0 heterocycles. The van der Waals surface area contributed by atoms with E-state index in [0.717, 1.165) is 18.9 Å². The number of amides is 1. The molecule has 0 aliphatic rings. The molecule has 1 amide bonds. The van der Waals surface area contributed by atoms with Crippen LogP contribution >= 0.6 is 0 Å². The van der Waals surface area contributed by atoms with Gasteiger partial charge in [-0.25, -0.2) is 0 Å². The highest BCUT2D eigenvalue weighted by Crippen LogP contribution is 2.10. The lowest BCUT2D eigenvalue weighted by molar-refractivity contribution is 0.0953. The van der Waals surface area contributed by atoms with Crippen LogP contribution in [-0.2, 0) is 0 Å². The number of phenolic OH excluding ortho intramolecular Hbond substituents is 1. The first-order valence-electron chi connectivity index (χ1n) is 7.37. The molecule has 0 aromatic heterocycles. The molecule has 4 N–H and O–H groups in total. The average Bonchev–Trinajstić information content (AvgIpc) is 2.52. The molecule has 6 heteroatoms. The smallest absolute Gasteiger partial charge is 0.251 e. The predicted octanol–water partition coefficient (Wildman–Crippen LogP) is 1.25.